The molecular weight excluding hydrogens is 502 g/mol. The van der Waals surface area contributed by atoms with Gasteiger partial charge in [0.1, 0.15) is 5.75 Å². The molecular formula is C29H35N3O7. The highest BCUT2D eigenvalue weighted by Crippen LogP contribution is 2.55. The van der Waals surface area contributed by atoms with E-state index in [1.54, 1.807) is 11.0 Å². The zero-order valence-corrected chi connectivity index (χ0v) is 22.5. The van der Waals surface area contributed by atoms with E-state index in [1.807, 2.05) is 24.3 Å². The molecule has 39 heavy (non-hydrogen) atoms. The number of nitro benzene ring substituents is 1. The van der Waals surface area contributed by atoms with E-state index in [-0.39, 0.29) is 18.0 Å². The number of amides is 1. The van der Waals surface area contributed by atoms with E-state index in [1.165, 1.54) is 12.1 Å². The number of hydrogen-bond donors (Lipinski definition) is 0. The van der Waals surface area contributed by atoms with Crippen LogP contribution < -0.4 is 9.64 Å². The van der Waals surface area contributed by atoms with Gasteiger partial charge in [-0.3, -0.25) is 14.9 Å². The number of nitrogens with zero attached hydrogens (tertiary/aromatic N) is 3. The van der Waals surface area contributed by atoms with Crippen molar-refractivity contribution in [2.75, 3.05) is 64.2 Å². The summed E-state index contributed by atoms with van der Waals surface area (Å²) in [5, 5.41) is 11.3. The smallest absolute Gasteiger partial charge is 0.270 e. The molecule has 10 heteroatoms. The molecule has 2 aromatic carbocycles. The molecule has 10 nitrogen and oxygen atoms in total. The number of carbonyl (C=O) groups excluding carboxylic acids is 1. The third-order valence-corrected chi connectivity index (χ3v) is 7.78. The van der Waals surface area contributed by atoms with Crippen molar-refractivity contribution in [3.63, 3.8) is 0 Å². The molecule has 0 aromatic heterocycles. The Labute approximate surface area is 228 Å². The molecule has 3 aliphatic rings. The van der Waals surface area contributed by atoms with E-state index in [4.69, 9.17) is 18.9 Å². The summed E-state index contributed by atoms with van der Waals surface area (Å²) in [6, 6.07) is 12.8. The predicted octanol–water partition coefficient (Wildman–Crippen LogP) is 3.78. The minimum Gasteiger partial charge on any atom is -0.463 e. The van der Waals surface area contributed by atoms with Crippen LogP contribution in [-0.2, 0) is 24.4 Å². The topological polar surface area (TPSA) is 104 Å². The first-order chi connectivity index (χ1) is 18.8. The number of ether oxygens (including phenoxy) is 4. The summed E-state index contributed by atoms with van der Waals surface area (Å²) in [4.78, 5) is 28.3. The first kappa shape index (κ1) is 27.1. The van der Waals surface area contributed by atoms with Crippen LogP contribution in [0.5, 0.6) is 5.75 Å². The van der Waals surface area contributed by atoms with E-state index in [0.717, 1.165) is 11.3 Å². The first-order valence-corrected chi connectivity index (χ1v) is 13.4. The van der Waals surface area contributed by atoms with Crippen molar-refractivity contribution in [2.24, 2.45) is 0 Å². The highest BCUT2D eigenvalue weighted by Gasteiger charge is 2.58. The van der Waals surface area contributed by atoms with Crippen LogP contribution in [0.15, 0.2) is 48.5 Å². The van der Waals surface area contributed by atoms with Crippen molar-refractivity contribution in [3.05, 3.63) is 69.8 Å². The van der Waals surface area contributed by atoms with Gasteiger partial charge >= 0.3 is 0 Å². The van der Waals surface area contributed by atoms with Crippen molar-refractivity contribution in [1.29, 1.82) is 0 Å². The Kier molecular flexibility index (Phi) is 7.88. The molecule has 208 valence electrons. The maximum Gasteiger partial charge on any atom is 0.270 e. The fraction of sp³-hybridized carbons (Fsp3) is 0.483. The Morgan fingerprint density at radius 2 is 1.64 bits per heavy atom. The van der Waals surface area contributed by atoms with Gasteiger partial charge in [-0.1, -0.05) is 18.2 Å². The van der Waals surface area contributed by atoms with Gasteiger partial charge in [-0.05, 0) is 43.7 Å². The molecule has 1 spiro atoms. The fourth-order valence-corrected chi connectivity index (χ4v) is 5.61. The van der Waals surface area contributed by atoms with Crippen molar-refractivity contribution < 1.29 is 28.7 Å². The summed E-state index contributed by atoms with van der Waals surface area (Å²) >= 11 is 0. The Hall–Kier alpha value is -3.47. The third kappa shape index (κ3) is 5.24. The molecule has 3 aliphatic heterocycles. The molecule has 5 rings (SSSR count). The van der Waals surface area contributed by atoms with E-state index < -0.39 is 16.1 Å². The molecule has 0 bridgehead atoms. The van der Waals surface area contributed by atoms with Gasteiger partial charge in [0.05, 0.1) is 50.0 Å². The molecule has 0 saturated carbocycles. The van der Waals surface area contributed by atoms with Crippen molar-refractivity contribution in [1.82, 2.24) is 4.90 Å². The minimum atomic E-state index is -0.909. The van der Waals surface area contributed by atoms with Crippen LogP contribution in [0, 0.1) is 10.1 Å². The van der Waals surface area contributed by atoms with E-state index in [0.29, 0.717) is 70.6 Å². The number of para-hydroxylation sites is 1. The zero-order valence-electron chi connectivity index (χ0n) is 22.5. The minimum absolute atomic E-state index is 0.0148. The molecule has 1 saturated heterocycles. The highest BCUT2D eigenvalue weighted by atomic mass is 16.6. The zero-order chi connectivity index (χ0) is 27.5. The van der Waals surface area contributed by atoms with Crippen LogP contribution in [-0.4, -0.2) is 80.7 Å². The second kappa shape index (κ2) is 11.3. The lowest BCUT2D eigenvalue weighted by atomic mass is 9.76. The standard InChI is InChI=1S/C29H35N3O7/c1-28(2)24-5-3-4-6-25(24)31(29(28)11-9-22-21-23(32(34)35)7-8-26(22)39-29)12-10-27(33)30-13-15-36-17-19-38-20-18-37-16-14-30/h3-9,11,21H,10,12-20H2,1-2H3. The molecule has 0 radical (unpaired) electrons. The first-order valence-electron chi connectivity index (χ1n) is 13.4. The molecule has 0 N–H and O–H groups in total. The second-order valence-corrected chi connectivity index (χ2v) is 10.4. The normalized spacial score (nSPS) is 22.8. The van der Waals surface area contributed by atoms with Crippen LogP contribution in [0.25, 0.3) is 6.08 Å². The van der Waals surface area contributed by atoms with E-state index in [9.17, 15) is 14.9 Å². The SMILES string of the molecule is CC1(C)c2ccccc2N(CCC(=O)N2CCOCCOCCOCC2)C12C=Cc1cc([N+](=O)[O-])ccc1O2. The number of benzene rings is 2. The van der Waals surface area contributed by atoms with E-state index >= 15 is 0 Å². The fourth-order valence-electron chi connectivity index (χ4n) is 5.61. The van der Waals surface area contributed by atoms with Gasteiger partial charge in [0.2, 0.25) is 11.6 Å². The molecule has 1 amide bonds. The lowest BCUT2D eigenvalue weighted by Crippen LogP contribution is -2.60. The quantitative estimate of drug-likeness (QED) is 0.429. The summed E-state index contributed by atoms with van der Waals surface area (Å²) in [7, 11) is 0. The molecule has 2 aromatic rings. The average molecular weight is 538 g/mol. The largest absolute Gasteiger partial charge is 0.463 e. The summed E-state index contributed by atoms with van der Waals surface area (Å²) in [5.41, 5.74) is 1.41. The van der Waals surface area contributed by atoms with Gasteiger partial charge in [0.25, 0.3) is 5.69 Å². The highest BCUT2D eigenvalue weighted by molar-refractivity contribution is 5.78. The average Bonchev–Trinajstić information content (AvgIpc) is 3.10. The number of nitro groups is 1. The second-order valence-electron chi connectivity index (χ2n) is 10.4. The van der Waals surface area contributed by atoms with Gasteiger partial charge in [-0.15, -0.1) is 0 Å². The van der Waals surface area contributed by atoms with Crippen LogP contribution in [0.4, 0.5) is 11.4 Å². The van der Waals surface area contributed by atoms with Gasteiger partial charge < -0.3 is 28.7 Å². The molecule has 1 fully saturated rings. The van der Waals surface area contributed by atoms with Gasteiger partial charge in [0, 0.05) is 49.4 Å². The monoisotopic (exact) mass is 537 g/mol. The van der Waals surface area contributed by atoms with Gasteiger partial charge in [0.15, 0.2) is 0 Å². The maximum atomic E-state index is 13.5. The molecule has 0 aliphatic carbocycles. The Morgan fingerprint density at radius 3 is 2.33 bits per heavy atom. The van der Waals surface area contributed by atoms with Crippen molar-refractivity contribution in [3.8, 4) is 5.75 Å². The number of fused-ring (bicyclic) bond motifs is 2. The number of rotatable bonds is 4. The van der Waals surface area contributed by atoms with E-state index in [2.05, 4.69) is 30.9 Å². The summed E-state index contributed by atoms with van der Waals surface area (Å²) in [5.74, 6) is 0.588. The number of carbonyl (C=O) groups is 1. The van der Waals surface area contributed by atoms with Crippen LogP contribution in [0.1, 0.15) is 31.4 Å². The number of anilines is 1. The maximum absolute atomic E-state index is 13.5. The molecule has 1 atom stereocenters. The van der Waals surface area contributed by atoms with Crippen LogP contribution in [0.3, 0.4) is 0 Å². The summed E-state index contributed by atoms with van der Waals surface area (Å²) in [6.45, 7) is 8.51. The third-order valence-electron chi connectivity index (χ3n) is 7.78. The van der Waals surface area contributed by atoms with Gasteiger partial charge in [-0.25, -0.2) is 0 Å². The Balaban J connectivity index is 1.39. The van der Waals surface area contributed by atoms with Crippen molar-refractivity contribution in [2.45, 2.75) is 31.4 Å². The summed E-state index contributed by atoms with van der Waals surface area (Å²) < 4.78 is 23.5. The predicted molar refractivity (Wildman–Crippen MR) is 146 cm³/mol. The van der Waals surface area contributed by atoms with Crippen LogP contribution in [0.2, 0.25) is 0 Å². The number of non-ortho nitro benzene ring substituents is 1. The Morgan fingerprint density at radius 1 is 0.974 bits per heavy atom. The number of hydrogen-bond acceptors (Lipinski definition) is 8. The Bertz CT molecular complexity index is 1240. The van der Waals surface area contributed by atoms with Crippen LogP contribution >= 0.6 is 0 Å². The lowest BCUT2D eigenvalue weighted by Gasteiger charge is -2.47. The lowest BCUT2D eigenvalue weighted by molar-refractivity contribution is -0.384. The van der Waals surface area contributed by atoms with Crippen molar-refractivity contribution >= 4 is 23.4 Å². The summed E-state index contributed by atoms with van der Waals surface area (Å²) in [6.07, 6.45) is 4.14. The van der Waals surface area contributed by atoms with Gasteiger partial charge in [-0.2, -0.15) is 0 Å². The molecule has 1 unspecified atom stereocenters. The molecule has 3 heterocycles.